The average molecular weight is 379 g/mol. The van der Waals surface area contributed by atoms with Gasteiger partial charge in [0.25, 0.3) is 0 Å². The van der Waals surface area contributed by atoms with Gasteiger partial charge in [-0.25, -0.2) is 4.68 Å². The van der Waals surface area contributed by atoms with E-state index >= 15 is 0 Å². The van der Waals surface area contributed by atoms with Crippen molar-refractivity contribution < 1.29 is 9.59 Å². The fourth-order valence-corrected chi connectivity index (χ4v) is 3.70. The number of hydrogen-bond acceptors (Lipinski definition) is 4. The van der Waals surface area contributed by atoms with Crippen LogP contribution in [0.5, 0.6) is 0 Å². The fourth-order valence-electron chi connectivity index (χ4n) is 2.81. The predicted octanol–water partition coefficient (Wildman–Crippen LogP) is 4.42. The molecule has 0 saturated heterocycles. The van der Waals surface area contributed by atoms with Crippen molar-refractivity contribution in [3.8, 4) is 5.69 Å². The largest absolute Gasteiger partial charge is 0.325 e. The molecule has 5 nitrogen and oxygen atoms in total. The van der Waals surface area contributed by atoms with Crippen molar-refractivity contribution in [2.75, 3.05) is 11.1 Å². The number of carbonyl (C=O) groups excluding carboxylic acids is 2. The van der Waals surface area contributed by atoms with Crippen LogP contribution in [0, 0.1) is 13.8 Å². The Morgan fingerprint density at radius 2 is 1.81 bits per heavy atom. The van der Waals surface area contributed by atoms with Crippen molar-refractivity contribution in [1.29, 1.82) is 0 Å². The van der Waals surface area contributed by atoms with E-state index in [1.807, 2.05) is 48.9 Å². The van der Waals surface area contributed by atoms with Gasteiger partial charge in [0.05, 0.1) is 27.7 Å². The molecule has 138 valence electrons. The highest BCUT2D eigenvalue weighted by atomic mass is 32.2. The second kappa shape index (κ2) is 8.22. The van der Waals surface area contributed by atoms with Crippen LogP contribution in [0.4, 0.5) is 5.69 Å². The molecule has 1 N–H and O–H groups in total. The lowest BCUT2D eigenvalue weighted by atomic mass is 10.1. The maximum absolute atomic E-state index is 12.3. The summed E-state index contributed by atoms with van der Waals surface area (Å²) in [6.45, 7) is 5.46. The number of aryl methyl sites for hydroxylation is 1. The van der Waals surface area contributed by atoms with Gasteiger partial charge in [-0.15, -0.1) is 11.8 Å². The lowest BCUT2D eigenvalue weighted by molar-refractivity contribution is -0.113. The number of thioether (sulfide) groups is 1. The monoisotopic (exact) mass is 379 g/mol. The molecule has 27 heavy (non-hydrogen) atoms. The average Bonchev–Trinajstić information content (AvgIpc) is 2.95. The minimum Gasteiger partial charge on any atom is -0.325 e. The summed E-state index contributed by atoms with van der Waals surface area (Å²) in [5.41, 5.74) is 4.11. The highest BCUT2D eigenvalue weighted by molar-refractivity contribution is 8.00. The second-order valence-corrected chi connectivity index (χ2v) is 7.21. The quantitative estimate of drug-likeness (QED) is 0.509. The van der Waals surface area contributed by atoms with Gasteiger partial charge in [0, 0.05) is 11.3 Å². The summed E-state index contributed by atoms with van der Waals surface area (Å²) in [6, 6.07) is 16.9. The van der Waals surface area contributed by atoms with Gasteiger partial charge in [0.15, 0.2) is 5.78 Å². The van der Waals surface area contributed by atoms with Crippen LogP contribution in [-0.2, 0) is 4.79 Å². The molecule has 1 amide bonds. The second-order valence-electron chi connectivity index (χ2n) is 6.22. The Morgan fingerprint density at radius 1 is 1.07 bits per heavy atom. The van der Waals surface area contributed by atoms with E-state index in [0.717, 1.165) is 22.0 Å². The van der Waals surface area contributed by atoms with Crippen molar-refractivity contribution in [1.82, 2.24) is 9.78 Å². The Labute approximate surface area is 162 Å². The number of nitrogens with zero attached hydrogens (tertiary/aromatic N) is 2. The molecule has 0 fully saturated rings. The van der Waals surface area contributed by atoms with Crippen molar-refractivity contribution in [2.45, 2.75) is 25.7 Å². The molecule has 6 heteroatoms. The number of aromatic nitrogens is 2. The van der Waals surface area contributed by atoms with Crippen LogP contribution in [0.2, 0.25) is 0 Å². The topological polar surface area (TPSA) is 64.0 Å². The molecule has 0 unspecified atom stereocenters. The molecule has 3 aromatic rings. The van der Waals surface area contributed by atoms with Gasteiger partial charge in [-0.1, -0.05) is 30.3 Å². The zero-order chi connectivity index (χ0) is 19.4. The third kappa shape index (κ3) is 4.46. The molecule has 1 heterocycles. The number of Topliss-reactive ketones (excluding diaryl/α,β-unsaturated/α-hetero) is 1. The summed E-state index contributed by atoms with van der Waals surface area (Å²) in [4.78, 5) is 24.8. The van der Waals surface area contributed by atoms with Crippen LogP contribution in [-0.4, -0.2) is 27.2 Å². The van der Waals surface area contributed by atoms with Crippen LogP contribution in [0.15, 0.2) is 59.5 Å². The first-order chi connectivity index (χ1) is 13.0. The normalized spacial score (nSPS) is 10.6. The first-order valence-electron chi connectivity index (χ1n) is 8.61. The molecule has 2 aromatic carbocycles. The van der Waals surface area contributed by atoms with Gasteiger partial charge in [0.2, 0.25) is 5.91 Å². The number of nitrogens with one attached hydrogen (secondary N) is 1. The molecule has 0 aliphatic rings. The van der Waals surface area contributed by atoms with E-state index in [4.69, 9.17) is 0 Å². The van der Waals surface area contributed by atoms with Gasteiger partial charge >= 0.3 is 0 Å². The summed E-state index contributed by atoms with van der Waals surface area (Å²) in [7, 11) is 0. The third-order valence-electron chi connectivity index (χ3n) is 4.13. The molecule has 0 saturated carbocycles. The molecular weight excluding hydrogens is 358 g/mol. The lowest BCUT2D eigenvalue weighted by Gasteiger charge is -2.07. The Balaban J connectivity index is 1.68. The van der Waals surface area contributed by atoms with Crippen LogP contribution in [0.3, 0.4) is 0 Å². The van der Waals surface area contributed by atoms with Crippen molar-refractivity contribution in [2.24, 2.45) is 0 Å². The summed E-state index contributed by atoms with van der Waals surface area (Å²) in [5.74, 6) is 0.124. The van der Waals surface area contributed by atoms with E-state index in [1.165, 1.54) is 18.7 Å². The Bertz CT molecular complexity index is 980. The molecule has 0 radical (unpaired) electrons. The molecule has 3 rings (SSSR count). The van der Waals surface area contributed by atoms with Gasteiger partial charge in [-0.05, 0) is 45.0 Å². The Hall–Kier alpha value is -2.86. The zero-order valence-corrected chi connectivity index (χ0v) is 16.3. The molecular formula is C21H21N3O2S. The standard InChI is InChI=1S/C21H21N3O2S/c1-14-21(15(2)24(23-14)19-10-5-4-6-11-19)27-13-20(26)22-18-9-7-8-17(12-18)16(3)25/h4-12H,13H2,1-3H3,(H,22,26). The lowest BCUT2D eigenvalue weighted by Crippen LogP contribution is -2.14. The van der Waals surface area contributed by atoms with E-state index in [0.29, 0.717) is 11.3 Å². The zero-order valence-electron chi connectivity index (χ0n) is 15.5. The summed E-state index contributed by atoms with van der Waals surface area (Å²) in [6.07, 6.45) is 0. The first-order valence-corrected chi connectivity index (χ1v) is 9.59. The number of amides is 1. The molecule has 0 bridgehead atoms. The number of benzene rings is 2. The smallest absolute Gasteiger partial charge is 0.234 e. The molecule has 0 aliphatic heterocycles. The number of ketones is 1. The molecule has 0 atom stereocenters. The fraction of sp³-hybridized carbons (Fsp3) is 0.190. The maximum atomic E-state index is 12.3. The summed E-state index contributed by atoms with van der Waals surface area (Å²) in [5, 5.41) is 7.45. The van der Waals surface area contributed by atoms with Crippen molar-refractivity contribution in [3.63, 3.8) is 0 Å². The molecule has 1 aromatic heterocycles. The maximum Gasteiger partial charge on any atom is 0.234 e. The first kappa shape index (κ1) is 18.9. The SMILES string of the molecule is CC(=O)c1cccc(NC(=O)CSc2c(C)nn(-c3ccccc3)c2C)c1. The minimum atomic E-state index is -0.119. The predicted molar refractivity (Wildman–Crippen MR) is 109 cm³/mol. The number of carbonyl (C=O) groups is 2. The van der Waals surface area contributed by atoms with Crippen LogP contribution >= 0.6 is 11.8 Å². The van der Waals surface area contributed by atoms with Crippen LogP contribution in [0.25, 0.3) is 5.69 Å². The molecule has 0 spiro atoms. The summed E-state index contributed by atoms with van der Waals surface area (Å²) < 4.78 is 1.89. The number of anilines is 1. The van der Waals surface area contributed by atoms with Crippen LogP contribution in [0.1, 0.15) is 28.7 Å². The van der Waals surface area contributed by atoms with Gasteiger partial charge in [-0.2, -0.15) is 5.10 Å². The van der Waals surface area contributed by atoms with E-state index in [9.17, 15) is 9.59 Å². The van der Waals surface area contributed by atoms with E-state index in [-0.39, 0.29) is 17.4 Å². The van der Waals surface area contributed by atoms with E-state index < -0.39 is 0 Å². The number of hydrogen-bond donors (Lipinski definition) is 1. The van der Waals surface area contributed by atoms with Crippen LogP contribution < -0.4 is 5.32 Å². The highest BCUT2D eigenvalue weighted by Crippen LogP contribution is 2.28. The summed E-state index contributed by atoms with van der Waals surface area (Å²) >= 11 is 1.46. The third-order valence-corrected chi connectivity index (χ3v) is 5.41. The number of rotatable bonds is 6. The molecule has 0 aliphatic carbocycles. The minimum absolute atomic E-state index is 0.0277. The van der Waals surface area contributed by atoms with Gasteiger partial charge < -0.3 is 5.32 Å². The highest BCUT2D eigenvalue weighted by Gasteiger charge is 2.15. The van der Waals surface area contributed by atoms with Gasteiger partial charge in [-0.3, -0.25) is 9.59 Å². The van der Waals surface area contributed by atoms with E-state index in [1.54, 1.807) is 24.3 Å². The number of para-hydroxylation sites is 1. The Kier molecular flexibility index (Phi) is 5.76. The van der Waals surface area contributed by atoms with Crippen molar-refractivity contribution >= 4 is 29.1 Å². The Morgan fingerprint density at radius 3 is 2.52 bits per heavy atom. The van der Waals surface area contributed by atoms with E-state index in [2.05, 4.69) is 10.4 Å². The van der Waals surface area contributed by atoms with Crippen molar-refractivity contribution in [3.05, 3.63) is 71.5 Å². The van der Waals surface area contributed by atoms with Gasteiger partial charge in [0.1, 0.15) is 0 Å².